The number of hydrogen-bond acceptors (Lipinski definition) is 5. The normalized spacial score (nSPS) is 15.7. The van der Waals surface area contributed by atoms with Gasteiger partial charge in [0.15, 0.2) is 0 Å². The number of carbonyl (C=O) groups excluding carboxylic acids is 1. The Bertz CT molecular complexity index is 1320. The molecule has 8 nitrogen and oxygen atoms in total. The zero-order chi connectivity index (χ0) is 23.7. The van der Waals surface area contributed by atoms with Crippen molar-refractivity contribution < 1.29 is 9.90 Å². The molecule has 1 atom stereocenters. The molecule has 33 heavy (non-hydrogen) atoms. The maximum absolute atomic E-state index is 12.7. The minimum atomic E-state index is -0.736. The number of aromatic amines is 1. The summed E-state index contributed by atoms with van der Waals surface area (Å²) in [5.74, 6) is -0.373. The molecule has 0 saturated carbocycles. The molecule has 1 aliphatic heterocycles. The minimum Gasteiger partial charge on any atom is -0.494 e. The maximum atomic E-state index is 12.7. The highest BCUT2D eigenvalue weighted by atomic mass is 16.3. The third kappa shape index (κ3) is 4.37. The van der Waals surface area contributed by atoms with Crippen LogP contribution in [0.2, 0.25) is 0 Å². The molecule has 2 aromatic carbocycles. The van der Waals surface area contributed by atoms with Crippen LogP contribution in [0.25, 0.3) is 0 Å². The average Bonchev–Trinajstić information content (AvgIpc) is 3.22. The summed E-state index contributed by atoms with van der Waals surface area (Å²) in [5.41, 5.74) is 1.54. The lowest BCUT2D eigenvalue weighted by atomic mass is 9.96. The Kier molecular flexibility index (Phi) is 6.00. The molecule has 0 spiro atoms. The van der Waals surface area contributed by atoms with Gasteiger partial charge in [0.05, 0.1) is 18.3 Å². The molecular formula is C25H26N4O4. The van der Waals surface area contributed by atoms with E-state index in [-0.39, 0.29) is 30.1 Å². The Morgan fingerprint density at radius 1 is 1.12 bits per heavy atom. The topological polar surface area (TPSA) is 108 Å². The molecule has 1 amide bonds. The minimum absolute atomic E-state index is 0.0824. The van der Waals surface area contributed by atoms with Crippen molar-refractivity contribution in [3.63, 3.8) is 0 Å². The molecule has 170 valence electrons. The summed E-state index contributed by atoms with van der Waals surface area (Å²) in [6, 6.07) is 16.7. The van der Waals surface area contributed by atoms with Gasteiger partial charge in [0.2, 0.25) is 11.8 Å². The van der Waals surface area contributed by atoms with Gasteiger partial charge in [-0.2, -0.15) is 5.10 Å². The van der Waals surface area contributed by atoms with Crippen LogP contribution in [0.4, 0.5) is 0 Å². The van der Waals surface area contributed by atoms with Gasteiger partial charge in [0.25, 0.3) is 5.56 Å². The van der Waals surface area contributed by atoms with Gasteiger partial charge < -0.3 is 5.11 Å². The summed E-state index contributed by atoms with van der Waals surface area (Å²) in [5, 5.41) is 16.6. The van der Waals surface area contributed by atoms with Gasteiger partial charge in [-0.05, 0) is 22.6 Å². The highest BCUT2D eigenvalue weighted by Crippen LogP contribution is 2.34. The summed E-state index contributed by atoms with van der Waals surface area (Å²) in [6.45, 7) is 5.70. The molecule has 0 unspecified atom stereocenters. The standard InChI is InChI=1S/C25H26N4O4/c1-15(2)18-9-11-19(12-10-18)21-13-20(27-29(21)16(3)30)22-23(31)26-25(33)28(24(22)32)14-17-7-5-4-6-8-17/h4-12,15,21,32H,13-14H2,1-3H3,(H,26,31,33)/t21-/m1/s1. The Morgan fingerprint density at radius 3 is 2.39 bits per heavy atom. The zero-order valence-electron chi connectivity index (χ0n) is 18.8. The first kappa shape index (κ1) is 22.3. The van der Waals surface area contributed by atoms with Gasteiger partial charge in [-0.3, -0.25) is 19.1 Å². The molecule has 3 aromatic rings. The molecule has 2 N–H and O–H groups in total. The molecule has 1 aliphatic rings. The first-order valence-electron chi connectivity index (χ1n) is 10.8. The zero-order valence-corrected chi connectivity index (χ0v) is 18.8. The SMILES string of the molecule is CC(=O)N1N=C(c2c(O)n(Cc3ccccc3)c(=O)[nH]c2=O)C[C@@H]1c1ccc(C(C)C)cc1. The predicted molar refractivity (Wildman–Crippen MR) is 125 cm³/mol. The van der Waals surface area contributed by atoms with Gasteiger partial charge in [0, 0.05) is 13.3 Å². The van der Waals surface area contributed by atoms with Crippen molar-refractivity contribution in [3.05, 3.63) is 97.7 Å². The van der Waals surface area contributed by atoms with Gasteiger partial charge in [-0.1, -0.05) is 68.4 Å². The lowest BCUT2D eigenvalue weighted by Crippen LogP contribution is -2.34. The third-order valence-electron chi connectivity index (χ3n) is 5.86. The highest BCUT2D eigenvalue weighted by Gasteiger charge is 2.34. The molecule has 0 radical (unpaired) electrons. The third-order valence-corrected chi connectivity index (χ3v) is 5.86. The number of rotatable bonds is 5. The molecular weight excluding hydrogens is 420 g/mol. The van der Waals surface area contributed by atoms with E-state index in [4.69, 9.17) is 0 Å². The van der Waals surface area contributed by atoms with Crippen molar-refractivity contribution >= 4 is 11.6 Å². The van der Waals surface area contributed by atoms with E-state index in [0.717, 1.165) is 15.7 Å². The number of nitrogens with one attached hydrogen (secondary N) is 1. The lowest BCUT2D eigenvalue weighted by molar-refractivity contribution is -0.130. The van der Waals surface area contributed by atoms with E-state index >= 15 is 0 Å². The first-order valence-corrected chi connectivity index (χ1v) is 10.8. The summed E-state index contributed by atoms with van der Waals surface area (Å²) in [4.78, 5) is 39.7. The molecule has 0 fully saturated rings. The highest BCUT2D eigenvalue weighted by molar-refractivity contribution is 6.04. The Morgan fingerprint density at radius 2 is 1.79 bits per heavy atom. The molecule has 0 saturated heterocycles. The Labute approximate surface area is 190 Å². The van der Waals surface area contributed by atoms with E-state index in [2.05, 4.69) is 23.9 Å². The number of hydrazone groups is 1. The second kappa shape index (κ2) is 8.90. The van der Waals surface area contributed by atoms with Gasteiger partial charge in [-0.15, -0.1) is 0 Å². The smallest absolute Gasteiger partial charge is 0.331 e. The van der Waals surface area contributed by atoms with Crippen LogP contribution in [0.3, 0.4) is 0 Å². The van der Waals surface area contributed by atoms with Crippen molar-refractivity contribution in [1.82, 2.24) is 14.6 Å². The number of carbonyl (C=O) groups is 1. The van der Waals surface area contributed by atoms with Crippen LogP contribution < -0.4 is 11.2 Å². The largest absolute Gasteiger partial charge is 0.494 e. The van der Waals surface area contributed by atoms with Gasteiger partial charge >= 0.3 is 5.69 Å². The predicted octanol–water partition coefficient (Wildman–Crippen LogP) is 3.11. The van der Waals surface area contributed by atoms with Crippen molar-refractivity contribution in [2.45, 2.75) is 45.7 Å². The van der Waals surface area contributed by atoms with Crippen molar-refractivity contribution in [2.24, 2.45) is 5.10 Å². The lowest BCUT2D eigenvalue weighted by Gasteiger charge is -2.21. The van der Waals surface area contributed by atoms with Crippen LogP contribution in [0.15, 0.2) is 69.3 Å². The second-order valence-corrected chi connectivity index (χ2v) is 8.48. The van der Waals surface area contributed by atoms with E-state index < -0.39 is 23.2 Å². The van der Waals surface area contributed by atoms with Crippen LogP contribution in [-0.2, 0) is 11.3 Å². The number of amides is 1. The summed E-state index contributed by atoms with van der Waals surface area (Å²) in [7, 11) is 0. The van der Waals surface area contributed by atoms with E-state index in [9.17, 15) is 19.5 Å². The number of benzene rings is 2. The molecule has 2 heterocycles. The molecule has 0 aliphatic carbocycles. The summed E-state index contributed by atoms with van der Waals surface area (Å²) < 4.78 is 1.09. The van der Waals surface area contributed by atoms with Crippen LogP contribution in [-0.4, -0.2) is 31.3 Å². The summed E-state index contributed by atoms with van der Waals surface area (Å²) >= 11 is 0. The van der Waals surface area contributed by atoms with Gasteiger partial charge in [-0.25, -0.2) is 9.80 Å². The fourth-order valence-electron chi connectivity index (χ4n) is 4.05. The average molecular weight is 447 g/mol. The van der Waals surface area contributed by atoms with Gasteiger partial charge in [0.1, 0.15) is 5.56 Å². The number of nitrogens with zero attached hydrogens (tertiary/aromatic N) is 3. The summed E-state index contributed by atoms with van der Waals surface area (Å²) in [6.07, 6.45) is 0.237. The van der Waals surface area contributed by atoms with E-state index in [0.29, 0.717) is 5.92 Å². The fraction of sp³-hybridized carbons (Fsp3) is 0.280. The number of H-pyrrole nitrogens is 1. The molecule has 8 heteroatoms. The molecule has 0 bridgehead atoms. The van der Waals surface area contributed by atoms with E-state index in [1.807, 2.05) is 54.6 Å². The molecule has 1 aromatic heterocycles. The quantitative estimate of drug-likeness (QED) is 0.628. The number of aromatic hydroxyl groups is 1. The van der Waals surface area contributed by atoms with E-state index in [1.165, 1.54) is 17.5 Å². The monoisotopic (exact) mass is 446 g/mol. The van der Waals surface area contributed by atoms with E-state index in [1.54, 1.807) is 0 Å². The van der Waals surface area contributed by atoms with Crippen molar-refractivity contribution in [2.75, 3.05) is 0 Å². The van der Waals surface area contributed by atoms with Crippen LogP contribution in [0.1, 0.15) is 61.4 Å². The fourth-order valence-corrected chi connectivity index (χ4v) is 4.05. The second-order valence-electron chi connectivity index (χ2n) is 8.48. The number of hydrogen-bond donors (Lipinski definition) is 2. The first-order chi connectivity index (χ1) is 15.8. The van der Waals surface area contributed by atoms with Crippen molar-refractivity contribution in [1.29, 1.82) is 0 Å². The van der Waals surface area contributed by atoms with Crippen LogP contribution >= 0.6 is 0 Å². The van der Waals surface area contributed by atoms with Crippen LogP contribution in [0.5, 0.6) is 5.88 Å². The van der Waals surface area contributed by atoms with Crippen LogP contribution in [0, 0.1) is 0 Å². The number of aromatic nitrogens is 2. The molecule has 4 rings (SSSR count). The van der Waals surface area contributed by atoms with Crippen molar-refractivity contribution in [3.8, 4) is 5.88 Å². The Balaban J connectivity index is 1.73. The maximum Gasteiger partial charge on any atom is 0.331 e. The Hall–Kier alpha value is -3.94.